The Labute approximate surface area is 147 Å². The largest absolute Gasteiger partial charge is 0.333 e. The van der Waals surface area contributed by atoms with E-state index >= 15 is 0 Å². The Hall–Kier alpha value is -2.42. The Kier molecular flexibility index (Phi) is 5.46. The minimum Gasteiger partial charge on any atom is -0.333 e. The van der Waals surface area contributed by atoms with Crippen molar-refractivity contribution in [3.8, 4) is 5.69 Å². The number of anilines is 1. The molecule has 136 valence electrons. The van der Waals surface area contributed by atoms with Crippen LogP contribution in [-0.4, -0.2) is 46.8 Å². The molecule has 2 N–H and O–H groups in total. The van der Waals surface area contributed by atoms with E-state index in [2.05, 4.69) is 20.7 Å². The Balaban J connectivity index is 2.08. The molecule has 1 aromatic carbocycles. The number of urea groups is 1. The van der Waals surface area contributed by atoms with Crippen LogP contribution in [0.1, 0.15) is 26.1 Å². The molecular weight excluding hydrogens is 342 g/mol. The summed E-state index contributed by atoms with van der Waals surface area (Å²) in [6, 6.07) is 8.86. The predicted molar refractivity (Wildman–Crippen MR) is 96.7 cm³/mol. The summed E-state index contributed by atoms with van der Waals surface area (Å²) < 4.78 is 24.2. The van der Waals surface area contributed by atoms with Crippen molar-refractivity contribution in [1.29, 1.82) is 0 Å². The van der Waals surface area contributed by atoms with Crippen LogP contribution in [0.3, 0.4) is 0 Å². The first-order chi connectivity index (χ1) is 11.6. The maximum absolute atomic E-state index is 12.3. The van der Waals surface area contributed by atoms with E-state index in [9.17, 15) is 13.2 Å². The van der Waals surface area contributed by atoms with Crippen molar-refractivity contribution in [2.75, 3.05) is 17.3 Å². The topological polar surface area (TPSA) is 106 Å². The van der Waals surface area contributed by atoms with Crippen LogP contribution in [0.25, 0.3) is 5.69 Å². The Bertz CT molecular complexity index is 844. The summed E-state index contributed by atoms with van der Waals surface area (Å²) in [5.74, 6) is 0.815. The molecule has 0 saturated heterocycles. The zero-order chi connectivity index (χ0) is 18.7. The average molecular weight is 365 g/mol. The average Bonchev–Trinajstić information content (AvgIpc) is 2.85. The van der Waals surface area contributed by atoms with Gasteiger partial charge in [0.25, 0.3) is 0 Å². The van der Waals surface area contributed by atoms with Gasteiger partial charge in [-0.15, -0.1) is 5.10 Å². The van der Waals surface area contributed by atoms with E-state index < -0.39 is 21.4 Å². The molecule has 0 unspecified atom stereocenters. The molecule has 0 radical (unpaired) electrons. The van der Waals surface area contributed by atoms with Crippen LogP contribution < -0.4 is 10.6 Å². The van der Waals surface area contributed by atoms with Crippen LogP contribution in [0.5, 0.6) is 0 Å². The smallest absolute Gasteiger partial charge is 0.322 e. The van der Waals surface area contributed by atoms with Gasteiger partial charge in [0.05, 0.1) is 11.4 Å². The van der Waals surface area contributed by atoms with Gasteiger partial charge in [0.15, 0.2) is 0 Å². The van der Waals surface area contributed by atoms with Crippen molar-refractivity contribution < 1.29 is 13.2 Å². The van der Waals surface area contributed by atoms with E-state index in [1.165, 1.54) is 6.26 Å². The molecule has 1 aromatic heterocycles. The summed E-state index contributed by atoms with van der Waals surface area (Å²) in [7, 11) is -3.09. The number of benzene rings is 1. The highest BCUT2D eigenvalue weighted by Gasteiger charge is 2.23. The third-order valence-corrected chi connectivity index (χ3v) is 4.43. The van der Waals surface area contributed by atoms with E-state index in [1.807, 2.05) is 30.3 Å². The number of carbonyl (C=O) groups excluding carboxylic acids is 1. The fourth-order valence-corrected chi connectivity index (χ4v) is 3.07. The van der Waals surface area contributed by atoms with Crippen molar-refractivity contribution in [2.24, 2.45) is 0 Å². The predicted octanol–water partition coefficient (Wildman–Crippen LogP) is 1.91. The maximum atomic E-state index is 12.3. The fraction of sp³-hybridized carbons (Fsp3) is 0.438. The molecule has 8 nitrogen and oxygen atoms in total. The first-order valence-electron chi connectivity index (χ1n) is 7.82. The van der Waals surface area contributed by atoms with Gasteiger partial charge in [0.1, 0.15) is 15.7 Å². The fourth-order valence-electron chi connectivity index (χ4n) is 2.19. The van der Waals surface area contributed by atoms with Gasteiger partial charge in [-0.3, -0.25) is 5.32 Å². The van der Waals surface area contributed by atoms with E-state index in [1.54, 1.807) is 25.5 Å². The van der Waals surface area contributed by atoms with E-state index in [0.717, 1.165) is 5.69 Å². The van der Waals surface area contributed by atoms with Gasteiger partial charge in [-0.25, -0.2) is 13.2 Å². The summed E-state index contributed by atoms with van der Waals surface area (Å²) >= 11 is 0. The second-order valence-corrected chi connectivity index (χ2v) is 8.83. The number of amides is 2. The summed E-state index contributed by atoms with van der Waals surface area (Å²) in [5, 5.41) is 9.73. The van der Waals surface area contributed by atoms with E-state index in [-0.39, 0.29) is 5.75 Å². The van der Waals surface area contributed by atoms with Gasteiger partial charge in [-0.2, -0.15) is 9.67 Å². The number of carbonyl (C=O) groups is 1. The number of sulfone groups is 1. The molecule has 25 heavy (non-hydrogen) atoms. The zero-order valence-electron chi connectivity index (χ0n) is 14.8. The van der Waals surface area contributed by atoms with Crippen molar-refractivity contribution in [1.82, 2.24) is 20.1 Å². The molecule has 0 fully saturated rings. The minimum atomic E-state index is -3.09. The number of aromatic nitrogens is 3. The lowest BCUT2D eigenvalue weighted by atomic mass is 10.0. The highest BCUT2D eigenvalue weighted by molar-refractivity contribution is 7.90. The number of hydrogen-bond donors (Lipinski definition) is 2. The van der Waals surface area contributed by atoms with E-state index in [0.29, 0.717) is 18.2 Å². The standard InChI is InChI=1S/C16H23N5O3S/c1-12-17-14(21(20-12)13-8-6-5-7-9-13)18-15(22)19-16(2,3)10-11-25(4,23)24/h5-9H,10-11H2,1-4H3,(H2,17,18,19,20,22). The Morgan fingerprint density at radius 1 is 1.24 bits per heavy atom. The number of aryl methyl sites for hydroxylation is 1. The number of nitrogens with one attached hydrogen (secondary N) is 2. The van der Waals surface area contributed by atoms with Crippen LogP contribution in [0.15, 0.2) is 30.3 Å². The molecule has 0 aliphatic rings. The molecule has 2 rings (SSSR count). The third kappa shape index (κ3) is 5.86. The van der Waals surface area contributed by atoms with Crippen LogP contribution >= 0.6 is 0 Å². The zero-order valence-corrected chi connectivity index (χ0v) is 15.6. The summed E-state index contributed by atoms with van der Waals surface area (Å²) in [5.41, 5.74) is 0.0922. The second-order valence-electron chi connectivity index (χ2n) is 6.57. The molecule has 2 amide bonds. The lowest BCUT2D eigenvalue weighted by Crippen LogP contribution is -2.46. The lowest BCUT2D eigenvalue weighted by molar-refractivity contribution is 0.240. The molecule has 9 heteroatoms. The van der Waals surface area contributed by atoms with Gasteiger partial charge in [0.2, 0.25) is 5.95 Å². The highest BCUT2D eigenvalue weighted by atomic mass is 32.2. The van der Waals surface area contributed by atoms with Crippen molar-refractivity contribution in [3.05, 3.63) is 36.2 Å². The normalized spacial score (nSPS) is 12.0. The van der Waals surface area contributed by atoms with Crippen LogP contribution in [0.4, 0.5) is 10.7 Å². The van der Waals surface area contributed by atoms with Gasteiger partial charge in [0, 0.05) is 11.8 Å². The summed E-state index contributed by atoms with van der Waals surface area (Å²) in [6.07, 6.45) is 1.48. The molecule has 0 atom stereocenters. The van der Waals surface area contributed by atoms with Crippen molar-refractivity contribution >= 4 is 21.8 Å². The molecule has 1 heterocycles. The molecule has 0 aliphatic heterocycles. The van der Waals surface area contributed by atoms with Gasteiger partial charge in [-0.05, 0) is 39.3 Å². The summed E-state index contributed by atoms with van der Waals surface area (Å²) in [6.45, 7) is 5.27. The number of hydrogen-bond acceptors (Lipinski definition) is 5. The van der Waals surface area contributed by atoms with Crippen LogP contribution in [0.2, 0.25) is 0 Å². The minimum absolute atomic E-state index is 0.000411. The van der Waals surface area contributed by atoms with Crippen molar-refractivity contribution in [3.63, 3.8) is 0 Å². The quantitative estimate of drug-likeness (QED) is 0.813. The van der Waals surface area contributed by atoms with E-state index in [4.69, 9.17) is 0 Å². The van der Waals surface area contributed by atoms with Crippen molar-refractivity contribution in [2.45, 2.75) is 32.7 Å². The molecule has 2 aromatic rings. The monoisotopic (exact) mass is 365 g/mol. The number of rotatable bonds is 6. The number of nitrogens with zero attached hydrogens (tertiary/aromatic N) is 3. The highest BCUT2D eigenvalue weighted by Crippen LogP contribution is 2.14. The Morgan fingerprint density at radius 2 is 1.88 bits per heavy atom. The first-order valence-corrected chi connectivity index (χ1v) is 9.88. The second kappa shape index (κ2) is 7.22. The SMILES string of the molecule is Cc1nc(NC(=O)NC(C)(C)CCS(C)(=O)=O)n(-c2ccccc2)n1. The van der Waals surface area contributed by atoms with Gasteiger partial charge < -0.3 is 5.32 Å². The molecule has 0 aliphatic carbocycles. The molecular formula is C16H23N5O3S. The lowest BCUT2D eigenvalue weighted by Gasteiger charge is -2.25. The molecule has 0 bridgehead atoms. The third-order valence-electron chi connectivity index (χ3n) is 3.49. The summed E-state index contributed by atoms with van der Waals surface area (Å²) in [4.78, 5) is 16.5. The Morgan fingerprint density at radius 3 is 2.48 bits per heavy atom. The number of para-hydroxylation sites is 1. The maximum Gasteiger partial charge on any atom is 0.322 e. The molecule has 0 spiro atoms. The first kappa shape index (κ1) is 18.9. The van der Waals surface area contributed by atoms with Gasteiger partial charge >= 0.3 is 6.03 Å². The molecule has 0 saturated carbocycles. The van der Waals surface area contributed by atoms with Crippen LogP contribution in [0, 0.1) is 6.92 Å². The van der Waals surface area contributed by atoms with Crippen LogP contribution in [-0.2, 0) is 9.84 Å². The van der Waals surface area contributed by atoms with Gasteiger partial charge in [-0.1, -0.05) is 18.2 Å².